The summed E-state index contributed by atoms with van der Waals surface area (Å²) in [6.07, 6.45) is 1.60. The maximum absolute atomic E-state index is 13.2. The summed E-state index contributed by atoms with van der Waals surface area (Å²) in [5.74, 6) is 0.754. The standard InChI is InChI=1S/C23H18N4O4/c28-22(25-12-16-8-9-18-19(11-16)31-14-30-18)20-23(29)27(13-15-5-2-1-3-6-15)21-17(26-20)7-4-10-24-21/h1-11H,12-14H2,(H,25,28). The maximum atomic E-state index is 13.2. The smallest absolute Gasteiger partial charge is 0.284 e. The molecule has 1 amide bonds. The average molecular weight is 414 g/mol. The molecule has 154 valence electrons. The predicted molar refractivity (Wildman–Crippen MR) is 113 cm³/mol. The molecule has 0 radical (unpaired) electrons. The molecular formula is C23H18N4O4. The van der Waals surface area contributed by atoms with Crippen molar-refractivity contribution in [3.05, 3.63) is 94.0 Å². The molecule has 3 heterocycles. The Balaban J connectivity index is 1.45. The van der Waals surface area contributed by atoms with Crippen LogP contribution in [0.1, 0.15) is 21.6 Å². The van der Waals surface area contributed by atoms with E-state index in [1.807, 2.05) is 36.4 Å². The fraction of sp³-hybridized carbons (Fsp3) is 0.130. The molecule has 0 fully saturated rings. The third-order valence-electron chi connectivity index (χ3n) is 4.99. The van der Waals surface area contributed by atoms with Gasteiger partial charge in [0.25, 0.3) is 11.5 Å². The second kappa shape index (κ2) is 7.91. The highest BCUT2D eigenvalue weighted by Crippen LogP contribution is 2.32. The van der Waals surface area contributed by atoms with Crippen LogP contribution in [0.2, 0.25) is 0 Å². The van der Waals surface area contributed by atoms with Gasteiger partial charge in [0.05, 0.1) is 6.54 Å². The lowest BCUT2D eigenvalue weighted by Gasteiger charge is -2.12. The normalized spacial score (nSPS) is 12.1. The fourth-order valence-corrected chi connectivity index (χ4v) is 3.45. The Hall–Kier alpha value is -4.20. The van der Waals surface area contributed by atoms with Crippen LogP contribution >= 0.6 is 0 Å². The topological polar surface area (TPSA) is 95.3 Å². The lowest BCUT2D eigenvalue weighted by atomic mass is 10.2. The maximum Gasteiger partial charge on any atom is 0.284 e. The predicted octanol–water partition coefficient (Wildman–Crippen LogP) is 2.50. The summed E-state index contributed by atoms with van der Waals surface area (Å²) in [5, 5.41) is 2.77. The number of nitrogens with one attached hydrogen (secondary N) is 1. The summed E-state index contributed by atoms with van der Waals surface area (Å²) in [4.78, 5) is 34.6. The molecule has 8 heteroatoms. The SMILES string of the molecule is O=C(NCc1ccc2c(c1)OCO2)c1nc2cccnc2n(Cc2ccccc2)c1=O. The monoisotopic (exact) mass is 414 g/mol. The zero-order chi connectivity index (χ0) is 21.2. The van der Waals surface area contributed by atoms with Crippen molar-refractivity contribution >= 4 is 17.1 Å². The van der Waals surface area contributed by atoms with E-state index < -0.39 is 11.5 Å². The number of carbonyl (C=O) groups excluding carboxylic acids is 1. The Morgan fingerprint density at radius 3 is 2.71 bits per heavy atom. The summed E-state index contributed by atoms with van der Waals surface area (Å²) >= 11 is 0. The van der Waals surface area contributed by atoms with E-state index >= 15 is 0 Å². The number of nitrogens with zero attached hydrogens (tertiary/aromatic N) is 3. The van der Waals surface area contributed by atoms with Crippen molar-refractivity contribution in [2.75, 3.05) is 6.79 Å². The Morgan fingerprint density at radius 1 is 1.00 bits per heavy atom. The van der Waals surface area contributed by atoms with E-state index in [1.54, 1.807) is 30.5 Å². The molecule has 8 nitrogen and oxygen atoms in total. The second-order valence-corrected chi connectivity index (χ2v) is 7.05. The molecule has 0 aliphatic carbocycles. The summed E-state index contributed by atoms with van der Waals surface area (Å²) in [7, 11) is 0. The van der Waals surface area contributed by atoms with Gasteiger partial charge in [-0.05, 0) is 35.4 Å². The molecule has 0 atom stereocenters. The number of fused-ring (bicyclic) bond motifs is 2. The first-order valence-electron chi connectivity index (χ1n) is 9.75. The van der Waals surface area contributed by atoms with Crippen molar-refractivity contribution in [3.8, 4) is 11.5 Å². The van der Waals surface area contributed by atoms with Crippen molar-refractivity contribution in [2.45, 2.75) is 13.1 Å². The van der Waals surface area contributed by atoms with Gasteiger partial charge in [0.15, 0.2) is 22.8 Å². The molecule has 0 saturated heterocycles. The fourth-order valence-electron chi connectivity index (χ4n) is 3.45. The number of hydrogen-bond donors (Lipinski definition) is 1. The van der Waals surface area contributed by atoms with Crippen LogP contribution < -0.4 is 20.3 Å². The van der Waals surface area contributed by atoms with Crippen molar-refractivity contribution in [2.24, 2.45) is 0 Å². The molecule has 2 aromatic carbocycles. The van der Waals surface area contributed by atoms with Crippen LogP contribution in [0.25, 0.3) is 11.2 Å². The van der Waals surface area contributed by atoms with Gasteiger partial charge in [0, 0.05) is 12.7 Å². The van der Waals surface area contributed by atoms with Crippen LogP contribution in [0.3, 0.4) is 0 Å². The zero-order valence-electron chi connectivity index (χ0n) is 16.4. The lowest BCUT2D eigenvalue weighted by molar-refractivity contribution is 0.0944. The van der Waals surface area contributed by atoms with Crippen LogP contribution in [-0.2, 0) is 13.1 Å². The first-order valence-corrected chi connectivity index (χ1v) is 9.75. The first kappa shape index (κ1) is 18.8. The third kappa shape index (κ3) is 3.71. The van der Waals surface area contributed by atoms with Gasteiger partial charge in [-0.25, -0.2) is 9.97 Å². The van der Waals surface area contributed by atoms with Crippen LogP contribution in [-0.4, -0.2) is 27.2 Å². The molecule has 31 heavy (non-hydrogen) atoms. The van der Waals surface area contributed by atoms with Crippen LogP contribution in [0, 0.1) is 0 Å². The largest absolute Gasteiger partial charge is 0.454 e. The second-order valence-electron chi connectivity index (χ2n) is 7.05. The quantitative estimate of drug-likeness (QED) is 0.539. The molecule has 0 unspecified atom stereocenters. The third-order valence-corrected chi connectivity index (χ3v) is 4.99. The van der Waals surface area contributed by atoms with Crippen LogP contribution in [0.5, 0.6) is 11.5 Å². The zero-order valence-corrected chi connectivity index (χ0v) is 16.4. The Kier molecular flexibility index (Phi) is 4.80. The summed E-state index contributed by atoms with van der Waals surface area (Å²) in [6.45, 7) is 0.694. The molecule has 4 aromatic rings. The number of ether oxygens (including phenoxy) is 2. The number of carbonyl (C=O) groups is 1. The van der Waals surface area contributed by atoms with E-state index in [2.05, 4.69) is 15.3 Å². The minimum atomic E-state index is -0.546. The van der Waals surface area contributed by atoms with E-state index in [4.69, 9.17) is 9.47 Å². The number of rotatable bonds is 5. The first-order chi connectivity index (χ1) is 15.2. The van der Waals surface area contributed by atoms with Crippen LogP contribution in [0.4, 0.5) is 0 Å². The highest BCUT2D eigenvalue weighted by Gasteiger charge is 2.19. The molecule has 0 saturated carbocycles. The highest BCUT2D eigenvalue weighted by atomic mass is 16.7. The van der Waals surface area contributed by atoms with E-state index in [9.17, 15) is 9.59 Å². The number of aromatic nitrogens is 3. The molecular weight excluding hydrogens is 396 g/mol. The van der Waals surface area contributed by atoms with Gasteiger partial charge in [-0.3, -0.25) is 14.2 Å². The molecule has 2 aromatic heterocycles. The van der Waals surface area contributed by atoms with Crippen molar-refractivity contribution in [1.29, 1.82) is 0 Å². The van der Waals surface area contributed by atoms with E-state index in [0.717, 1.165) is 11.1 Å². The molecule has 0 spiro atoms. The number of hydrogen-bond acceptors (Lipinski definition) is 6. The van der Waals surface area contributed by atoms with Gasteiger partial charge in [-0.15, -0.1) is 0 Å². The van der Waals surface area contributed by atoms with E-state index in [0.29, 0.717) is 22.7 Å². The number of benzene rings is 2. The van der Waals surface area contributed by atoms with Crippen molar-refractivity contribution in [3.63, 3.8) is 0 Å². The Bertz CT molecular complexity index is 1330. The number of amides is 1. The highest BCUT2D eigenvalue weighted by molar-refractivity contribution is 5.93. The Morgan fingerprint density at radius 2 is 1.84 bits per heavy atom. The summed E-state index contributed by atoms with van der Waals surface area (Å²) in [6, 6.07) is 18.4. The van der Waals surface area contributed by atoms with Gasteiger partial charge < -0.3 is 14.8 Å². The minimum absolute atomic E-state index is 0.169. The van der Waals surface area contributed by atoms with Gasteiger partial charge in [0.2, 0.25) is 6.79 Å². The summed E-state index contributed by atoms with van der Waals surface area (Å²) < 4.78 is 12.1. The molecule has 5 rings (SSSR count). The van der Waals surface area contributed by atoms with Gasteiger partial charge in [-0.2, -0.15) is 0 Å². The molecule has 0 bridgehead atoms. The molecule has 1 N–H and O–H groups in total. The summed E-state index contributed by atoms with van der Waals surface area (Å²) in [5.41, 5.74) is 2.00. The lowest BCUT2D eigenvalue weighted by Crippen LogP contribution is -2.35. The minimum Gasteiger partial charge on any atom is -0.454 e. The van der Waals surface area contributed by atoms with E-state index in [1.165, 1.54) is 4.57 Å². The molecule has 1 aliphatic heterocycles. The van der Waals surface area contributed by atoms with Gasteiger partial charge in [0.1, 0.15) is 5.52 Å². The Labute approximate surface area is 177 Å². The number of pyridine rings is 1. The molecule has 1 aliphatic rings. The van der Waals surface area contributed by atoms with Crippen LogP contribution in [0.15, 0.2) is 71.7 Å². The van der Waals surface area contributed by atoms with Gasteiger partial charge in [-0.1, -0.05) is 36.4 Å². The van der Waals surface area contributed by atoms with Gasteiger partial charge >= 0.3 is 0 Å². The average Bonchev–Trinajstić information content (AvgIpc) is 3.28. The van der Waals surface area contributed by atoms with E-state index in [-0.39, 0.29) is 25.6 Å². The van der Waals surface area contributed by atoms with Crippen molar-refractivity contribution < 1.29 is 14.3 Å². The van der Waals surface area contributed by atoms with Crippen molar-refractivity contribution in [1.82, 2.24) is 19.9 Å².